The van der Waals surface area contributed by atoms with Crippen molar-refractivity contribution in [3.63, 3.8) is 0 Å². The fraction of sp³-hybridized carbons (Fsp3) is 0.455. The Labute approximate surface area is 203 Å². The summed E-state index contributed by atoms with van der Waals surface area (Å²) in [5, 5.41) is 9.10. The lowest BCUT2D eigenvalue weighted by molar-refractivity contribution is -0.137. The van der Waals surface area contributed by atoms with E-state index < -0.39 is 11.7 Å². The molecule has 1 aromatic carbocycles. The van der Waals surface area contributed by atoms with Crippen LogP contribution < -0.4 is 16.0 Å². The van der Waals surface area contributed by atoms with E-state index in [2.05, 4.69) is 20.9 Å². The molecule has 178 valence electrons. The zero-order valence-corrected chi connectivity index (χ0v) is 20.7. The summed E-state index contributed by atoms with van der Waals surface area (Å²) in [4.78, 5) is 16.1. The highest BCUT2D eigenvalue weighted by molar-refractivity contribution is 14.0. The van der Waals surface area contributed by atoms with Gasteiger partial charge in [0.2, 0.25) is 0 Å². The maximum atomic E-state index is 12.9. The number of amides is 1. The number of furan rings is 1. The largest absolute Gasteiger partial charge is 0.459 e. The third-order valence-corrected chi connectivity index (χ3v) is 4.88. The zero-order chi connectivity index (χ0) is 22.9. The molecule has 3 N–H and O–H groups in total. The van der Waals surface area contributed by atoms with Crippen molar-refractivity contribution in [2.45, 2.75) is 38.8 Å². The fourth-order valence-electron chi connectivity index (χ4n) is 3.00. The first-order valence-electron chi connectivity index (χ1n) is 10.2. The van der Waals surface area contributed by atoms with Gasteiger partial charge in [-0.05, 0) is 43.4 Å². The minimum absolute atomic E-state index is 0. The molecule has 6 nitrogen and oxygen atoms in total. The van der Waals surface area contributed by atoms with E-state index in [1.54, 1.807) is 19.2 Å². The number of benzene rings is 1. The maximum absolute atomic E-state index is 12.9. The number of halogens is 4. The van der Waals surface area contributed by atoms with Gasteiger partial charge in [0.1, 0.15) is 0 Å². The molecule has 0 aliphatic carbocycles. The van der Waals surface area contributed by atoms with Gasteiger partial charge in [0.15, 0.2) is 11.7 Å². The van der Waals surface area contributed by atoms with E-state index >= 15 is 0 Å². The van der Waals surface area contributed by atoms with Crippen LogP contribution in [0.2, 0.25) is 0 Å². The highest BCUT2D eigenvalue weighted by Gasteiger charge is 2.30. The van der Waals surface area contributed by atoms with Crippen LogP contribution in [-0.4, -0.2) is 38.5 Å². The number of nitrogens with one attached hydrogen (secondary N) is 3. The van der Waals surface area contributed by atoms with E-state index in [-0.39, 0.29) is 35.8 Å². The first-order chi connectivity index (χ1) is 14.7. The topological polar surface area (TPSA) is 78.7 Å². The summed E-state index contributed by atoms with van der Waals surface area (Å²) in [5.74, 6) is 0.645. The predicted molar refractivity (Wildman–Crippen MR) is 130 cm³/mol. The van der Waals surface area contributed by atoms with Crippen molar-refractivity contribution >= 4 is 35.8 Å². The summed E-state index contributed by atoms with van der Waals surface area (Å²) in [7, 11) is 1.65. The summed E-state index contributed by atoms with van der Waals surface area (Å²) in [6.45, 7) is 5.35. The van der Waals surface area contributed by atoms with Crippen molar-refractivity contribution in [3.8, 4) is 0 Å². The Balaban J connectivity index is 0.00000512. The van der Waals surface area contributed by atoms with Crippen molar-refractivity contribution < 1.29 is 22.4 Å². The van der Waals surface area contributed by atoms with Crippen LogP contribution in [0.1, 0.15) is 52.9 Å². The maximum Gasteiger partial charge on any atom is 0.416 e. The van der Waals surface area contributed by atoms with Crippen LogP contribution in [0.4, 0.5) is 13.2 Å². The third-order valence-electron chi connectivity index (χ3n) is 4.88. The van der Waals surface area contributed by atoms with Gasteiger partial charge in [0.25, 0.3) is 5.91 Å². The van der Waals surface area contributed by atoms with Crippen LogP contribution in [0.3, 0.4) is 0 Å². The lowest BCUT2D eigenvalue weighted by atomic mass is 9.96. The molecule has 0 aliphatic rings. The summed E-state index contributed by atoms with van der Waals surface area (Å²) in [6, 6.07) is 7.18. The molecule has 2 aromatic rings. The molecule has 1 amide bonds. The van der Waals surface area contributed by atoms with E-state index in [9.17, 15) is 18.0 Å². The molecule has 0 saturated heterocycles. The monoisotopic (exact) mass is 566 g/mol. The molecule has 2 rings (SSSR count). The molecule has 1 unspecified atom stereocenters. The Hall–Kier alpha value is -2.24. The zero-order valence-electron chi connectivity index (χ0n) is 18.4. The number of carbonyl (C=O) groups excluding carboxylic acids is 1. The molecule has 10 heteroatoms. The standard InChI is InChI=1S/C22H29F3N4O2.HI/c1-15(17-6-4-7-18(14-17)22(23,24)25)8-12-29-21(26-3)28-11-5-10-27-20(30)19-16(2)9-13-31-19;/h4,6-7,9,13-15H,5,8,10-12H2,1-3H3,(H,27,30)(H2,26,28,29);1H. The molecule has 0 fully saturated rings. The number of hydrogen-bond acceptors (Lipinski definition) is 3. The second-order valence-electron chi connectivity index (χ2n) is 7.28. The summed E-state index contributed by atoms with van der Waals surface area (Å²) < 4.78 is 43.8. The van der Waals surface area contributed by atoms with Gasteiger partial charge in [-0.25, -0.2) is 0 Å². The molecule has 0 saturated carbocycles. The molecular weight excluding hydrogens is 536 g/mol. The van der Waals surface area contributed by atoms with E-state index in [0.29, 0.717) is 49.8 Å². The number of guanidine groups is 1. The summed E-state index contributed by atoms with van der Waals surface area (Å²) >= 11 is 0. The summed E-state index contributed by atoms with van der Waals surface area (Å²) in [6.07, 6.45) is -1.51. The van der Waals surface area contributed by atoms with E-state index in [1.165, 1.54) is 18.4 Å². The van der Waals surface area contributed by atoms with Crippen LogP contribution in [0.5, 0.6) is 0 Å². The molecule has 0 bridgehead atoms. The van der Waals surface area contributed by atoms with Gasteiger partial charge in [-0.1, -0.05) is 25.1 Å². The minimum Gasteiger partial charge on any atom is -0.459 e. The van der Waals surface area contributed by atoms with Crippen LogP contribution in [0.25, 0.3) is 0 Å². The second kappa shape index (κ2) is 13.3. The minimum atomic E-state index is -4.34. The molecule has 32 heavy (non-hydrogen) atoms. The average molecular weight is 566 g/mol. The average Bonchev–Trinajstić information content (AvgIpc) is 3.17. The summed E-state index contributed by atoms with van der Waals surface area (Å²) in [5.41, 5.74) is 0.818. The van der Waals surface area contributed by atoms with Crippen molar-refractivity contribution in [1.82, 2.24) is 16.0 Å². The van der Waals surface area contributed by atoms with Gasteiger partial charge in [0.05, 0.1) is 11.8 Å². The molecular formula is C22H30F3IN4O2. The number of carbonyl (C=O) groups is 1. The number of aryl methyl sites for hydroxylation is 1. The van der Waals surface area contributed by atoms with Gasteiger partial charge in [0, 0.05) is 32.2 Å². The van der Waals surface area contributed by atoms with Crippen molar-refractivity contribution in [1.29, 1.82) is 0 Å². The number of hydrogen-bond donors (Lipinski definition) is 3. The predicted octanol–water partition coefficient (Wildman–Crippen LogP) is 4.70. The SMILES string of the molecule is CN=C(NCCCNC(=O)c1occc1C)NCCC(C)c1cccc(C(F)(F)F)c1.I. The Morgan fingerprint density at radius 1 is 1.12 bits per heavy atom. The normalized spacial score (nSPS) is 12.6. The first kappa shape index (κ1) is 27.8. The smallest absolute Gasteiger partial charge is 0.416 e. The fourth-order valence-corrected chi connectivity index (χ4v) is 3.00. The molecule has 0 aliphatic heterocycles. The van der Waals surface area contributed by atoms with Crippen LogP contribution in [0.15, 0.2) is 46.0 Å². The number of nitrogens with zero attached hydrogens (tertiary/aromatic N) is 1. The lowest BCUT2D eigenvalue weighted by Gasteiger charge is -2.16. The number of rotatable bonds is 9. The molecule has 1 heterocycles. The van der Waals surface area contributed by atoms with Gasteiger partial charge >= 0.3 is 6.18 Å². The number of aliphatic imine (C=N–C) groups is 1. The van der Waals surface area contributed by atoms with Crippen molar-refractivity contribution in [2.75, 3.05) is 26.7 Å². The van der Waals surface area contributed by atoms with Crippen LogP contribution in [0, 0.1) is 6.92 Å². The number of alkyl halides is 3. The Kier molecular flexibility index (Phi) is 11.6. The highest BCUT2D eigenvalue weighted by Crippen LogP contribution is 2.31. The molecule has 0 radical (unpaired) electrons. The quantitative estimate of drug-likeness (QED) is 0.178. The van der Waals surface area contributed by atoms with Crippen LogP contribution in [-0.2, 0) is 6.18 Å². The van der Waals surface area contributed by atoms with E-state index in [4.69, 9.17) is 4.42 Å². The van der Waals surface area contributed by atoms with Gasteiger partial charge < -0.3 is 20.4 Å². The molecule has 0 spiro atoms. The van der Waals surface area contributed by atoms with E-state index in [1.807, 2.05) is 13.8 Å². The molecule has 1 aromatic heterocycles. The van der Waals surface area contributed by atoms with Gasteiger partial charge in [-0.3, -0.25) is 9.79 Å². The highest BCUT2D eigenvalue weighted by atomic mass is 127. The molecule has 1 atom stereocenters. The van der Waals surface area contributed by atoms with Crippen LogP contribution >= 0.6 is 24.0 Å². The second-order valence-corrected chi connectivity index (χ2v) is 7.28. The van der Waals surface area contributed by atoms with Gasteiger partial charge in [-0.15, -0.1) is 24.0 Å². The Bertz CT molecular complexity index is 884. The van der Waals surface area contributed by atoms with Gasteiger partial charge in [-0.2, -0.15) is 13.2 Å². The Morgan fingerprint density at radius 3 is 2.44 bits per heavy atom. The third kappa shape index (κ3) is 8.71. The lowest BCUT2D eigenvalue weighted by Crippen LogP contribution is -2.39. The first-order valence-corrected chi connectivity index (χ1v) is 10.2. The van der Waals surface area contributed by atoms with Crippen molar-refractivity contribution in [2.24, 2.45) is 4.99 Å². The van der Waals surface area contributed by atoms with E-state index in [0.717, 1.165) is 11.6 Å². The van der Waals surface area contributed by atoms with Crippen molar-refractivity contribution in [3.05, 3.63) is 59.0 Å². The Morgan fingerprint density at radius 2 is 1.81 bits per heavy atom.